The number of nitrogens with one attached hydrogen (secondary N) is 2. The molecule has 1 heterocycles. The van der Waals surface area contributed by atoms with Gasteiger partial charge >= 0.3 is 0 Å². The Hall–Kier alpha value is -2.03. The Morgan fingerprint density at radius 3 is 2.45 bits per heavy atom. The number of sulfonamides is 1. The maximum Gasteiger partial charge on any atom is 0.281 e. The van der Waals surface area contributed by atoms with Gasteiger partial charge in [-0.3, -0.25) is 4.79 Å². The SMILES string of the molecule is Cc1cc(OCCCc2c(C(=O)NS(C)(=O)=O)[nH]c3c(C)c(Br)ccc23)cc(C)c1Cl. The Bertz CT molecular complexity index is 1250. The van der Waals surface area contributed by atoms with Crippen molar-refractivity contribution in [1.29, 1.82) is 0 Å². The summed E-state index contributed by atoms with van der Waals surface area (Å²) in [4.78, 5) is 15.7. The highest BCUT2D eigenvalue weighted by Gasteiger charge is 2.21. The van der Waals surface area contributed by atoms with Gasteiger partial charge in [-0.05, 0) is 74.1 Å². The Kier molecular flexibility index (Phi) is 7.03. The van der Waals surface area contributed by atoms with Gasteiger partial charge in [-0.2, -0.15) is 0 Å². The van der Waals surface area contributed by atoms with Crippen LogP contribution in [0.2, 0.25) is 5.02 Å². The third-order valence-electron chi connectivity index (χ3n) is 5.03. The summed E-state index contributed by atoms with van der Waals surface area (Å²) in [6, 6.07) is 7.63. The van der Waals surface area contributed by atoms with E-state index >= 15 is 0 Å². The number of H-pyrrole nitrogens is 1. The third kappa shape index (κ3) is 5.42. The smallest absolute Gasteiger partial charge is 0.281 e. The number of hydrogen-bond donors (Lipinski definition) is 2. The largest absolute Gasteiger partial charge is 0.494 e. The normalized spacial score (nSPS) is 11.7. The summed E-state index contributed by atoms with van der Waals surface area (Å²) >= 11 is 9.70. The topological polar surface area (TPSA) is 88.3 Å². The molecule has 6 nitrogen and oxygen atoms in total. The van der Waals surface area contributed by atoms with Crippen molar-refractivity contribution in [3.05, 3.63) is 61.7 Å². The Morgan fingerprint density at radius 2 is 1.84 bits per heavy atom. The molecule has 2 aromatic carbocycles. The lowest BCUT2D eigenvalue weighted by Gasteiger charge is -2.10. The van der Waals surface area contributed by atoms with Gasteiger partial charge in [0.2, 0.25) is 10.0 Å². The number of ether oxygens (including phenoxy) is 1. The molecule has 0 fully saturated rings. The fourth-order valence-electron chi connectivity index (χ4n) is 3.54. The van der Waals surface area contributed by atoms with Gasteiger partial charge in [-0.25, -0.2) is 13.1 Å². The zero-order valence-corrected chi connectivity index (χ0v) is 20.9. The monoisotopic (exact) mass is 526 g/mol. The second-order valence-corrected chi connectivity index (χ2v) is 10.6. The van der Waals surface area contributed by atoms with Gasteiger partial charge in [0.1, 0.15) is 11.4 Å². The van der Waals surface area contributed by atoms with Crippen LogP contribution in [-0.2, 0) is 16.4 Å². The number of aromatic nitrogens is 1. The first kappa shape index (κ1) is 23.6. The molecule has 1 amide bonds. The van der Waals surface area contributed by atoms with E-state index in [1.54, 1.807) is 0 Å². The summed E-state index contributed by atoms with van der Waals surface area (Å²) in [5.74, 6) is 0.0715. The van der Waals surface area contributed by atoms with Crippen molar-refractivity contribution in [1.82, 2.24) is 9.71 Å². The summed E-state index contributed by atoms with van der Waals surface area (Å²) in [5, 5.41) is 1.62. The summed E-state index contributed by atoms with van der Waals surface area (Å²) < 4.78 is 32.0. The number of aryl methyl sites for hydroxylation is 4. The number of carbonyl (C=O) groups is 1. The Balaban J connectivity index is 1.84. The molecule has 0 spiro atoms. The lowest BCUT2D eigenvalue weighted by molar-refractivity contribution is 0.0976. The molecule has 3 rings (SSSR count). The highest BCUT2D eigenvalue weighted by molar-refractivity contribution is 9.10. The predicted octanol–water partition coefficient (Wildman–Crippen LogP) is 5.21. The van der Waals surface area contributed by atoms with E-state index in [2.05, 4.69) is 25.6 Å². The first-order chi connectivity index (χ1) is 14.5. The van der Waals surface area contributed by atoms with Crippen LogP contribution in [0.1, 0.15) is 39.2 Å². The molecule has 0 atom stereocenters. The molecule has 0 aliphatic rings. The van der Waals surface area contributed by atoms with Crippen LogP contribution in [0.4, 0.5) is 0 Å². The van der Waals surface area contributed by atoms with Gasteiger partial charge in [0, 0.05) is 14.9 Å². The first-order valence-corrected chi connectivity index (χ1v) is 12.8. The minimum absolute atomic E-state index is 0.250. The number of aromatic amines is 1. The lowest BCUT2D eigenvalue weighted by Crippen LogP contribution is -2.30. The summed E-state index contributed by atoms with van der Waals surface area (Å²) in [5.41, 5.74) is 4.66. The van der Waals surface area contributed by atoms with E-state index in [9.17, 15) is 13.2 Å². The van der Waals surface area contributed by atoms with Crippen molar-refractivity contribution in [3.63, 3.8) is 0 Å². The predicted molar refractivity (Wildman–Crippen MR) is 128 cm³/mol. The van der Waals surface area contributed by atoms with Crippen LogP contribution in [0.3, 0.4) is 0 Å². The molecule has 0 aliphatic heterocycles. The van der Waals surface area contributed by atoms with Crippen molar-refractivity contribution in [3.8, 4) is 5.75 Å². The van der Waals surface area contributed by atoms with E-state index in [-0.39, 0.29) is 5.69 Å². The van der Waals surface area contributed by atoms with E-state index < -0.39 is 15.9 Å². The maximum atomic E-state index is 12.6. The highest BCUT2D eigenvalue weighted by Crippen LogP contribution is 2.31. The summed E-state index contributed by atoms with van der Waals surface area (Å²) in [6.45, 7) is 6.23. The molecule has 1 aromatic heterocycles. The number of rotatable bonds is 7. The van der Waals surface area contributed by atoms with E-state index in [0.29, 0.717) is 19.4 Å². The number of benzene rings is 2. The molecule has 0 aliphatic carbocycles. The standard InChI is InChI=1S/C22H24BrClN2O4S/c1-12-10-15(11-13(2)19(12)24)30-9-5-6-16-17-7-8-18(23)14(3)20(17)25-21(16)22(27)26-31(4,28)29/h7-8,10-11,25H,5-6,9H2,1-4H3,(H,26,27). The number of amides is 1. The molecule has 166 valence electrons. The average Bonchev–Trinajstić information content (AvgIpc) is 3.04. The molecule has 0 saturated carbocycles. The number of fused-ring (bicyclic) bond motifs is 1. The third-order valence-corrected chi connectivity index (χ3v) is 7.04. The zero-order valence-electron chi connectivity index (χ0n) is 17.7. The van der Waals surface area contributed by atoms with Crippen LogP contribution in [0.5, 0.6) is 5.75 Å². The maximum absolute atomic E-state index is 12.6. The number of hydrogen-bond acceptors (Lipinski definition) is 4. The van der Waals surface area contributed by atoms with Crippen LogP contribution in [0.25, 0.3) is 10.9 Å². The van der Waals surface area contributed by atoms with Crippen LogP contribution >= 0.6 is 27.5 Å². The quantitative estimate of drug-likeness (QED) is 0.413. The number of halogens is 2. The number of carbonyl (C=O) groups excluding carboxylic acids is 1. The zero-order chi connectivity index (χ0) is 22.9. The van der Waals surface area contributed by atoms with Crippen molar-refractivity contribution < 1.29 is 17.9 Å². The molecular weight excluding hydrogens is 504 g/mol. The molecule has 31 heavy (non-hydrogen) atoms. The van der Waals surface area contributed by atoms with Gasteiger partial charge in [0.25, 0.3) is 5.91 Å². The van der Waals surface area contributed by atoms with Crippen molar-refractivity contribution in [2.24, 2.45) is 0 Å². The summed E-state index contributed by atoms with van der Waals surface area (Å²) in [7, 11) is -3.68. The molecule has 0 unspecified atom stereocenters. The fourth-order valence-corrected chi connectivity index (χ4v) is 4.41. The second-order valence-electron chi connectivity index (χ2n) is 7.60. The van der Waals surface area contributed by atoms with Crippen LogP contribution in [-0.4, -0.2) is 32.2 Å². The van der Waals surface area contributed by atoms with Crippen molar-refractivity contribution in [2.45, 2.75) is 33.6 Å². The molecule has 0 bridgehead atoms. The molecule has 2 N–H and O–H groups in total. The van der Waals surface area contributed by atoms with Gasteiger partial charge in [-0.15, -0.1) is 0 Å². The van der Waals surface area contributed by atoms with E-state index in [1.165, 1.54) is 0 Å². The van der Waals surface area contributed by atoms with Gasteiger partial charge in [0.05, 0.1) is 18.4 Å². The summed E-state index contributed by atoms with van der Waals surface area (Å²) in [6.07, 6.45) is 2.14. The molecule has 0 radical (unpaired) electrons. The molecule has 0 saturated heterocycles. The second kappa shape index (κ2) is 9.22. The molecule has 9 heteroatoms. The van der Waals surface area contributed by atoms with E-state index in [0.717, 1.165) is 54.7 Å². The fraction of sp³-hybridized carbons (Fsp3) is 0.318. The Labute approximate surface area is 195 Å². The molecular formula is C22H24BrClN2O4S. The van der Waals surface area contributed by atoms with Crippen LogP contribution in [0.15, 0.2) is 28.7 Å². The van der Waals surface area contributed by atoms with Gasteiger partial charge in [0.15, 0.2) is 0 Å². The van der Waals surface area contributed by atoms with Crippen molar-refractivity contribution >= 4 is 54.4 Å². The molecule has 3 aromatic rings. The van der Waals surface area contributed by atoms with Crippen molar-refractivity contribution in [2.75, 3.05) is 12.9 Å². The minimum atomic E-state index is -3.68. The van der Waals surface area contributed by atoms with Gasteiger partial charge in [-0.1, -0.05) is 33.6 Å². The Morgan fingerprint density at radius 1 is 1.19 bits per heavy atom. The van der Waals surface area contributed by atoms with Crippen LogP contribution < -0.4 is 9.46 Å². The minimum Gasteiger partial charge on any atom is -0.494 e. The van der Waals surface area contributed by atoms with E-state index in [1.807, 2.05) is 45.0 Å². The van der Waals surface area contributed by atoms with Crippen LogP contribution in [0, 0.1) is 20.8 Å². The lowest BCUT2D eigenvalue weighted by atomic mass is 10.0. The first-order valence-electron chi connectivity index (χ1n) is 9.69. The average molecular weight is 528 g/mol. The van der Waals surface area contributed by atoms with Gasteiger partial charge < -0.3 is 9.72 Å². The van der Waals surface area contributed by atoms with E-state index in [4.69, 9.17) is 16.3 Å². The highest BCUT2D eigenvalue weighted by atomic mass is 79.9.